The van der Waals surface area contributed by atoms with E-state index in [4.69, 9.17) is 38.4 Å². The van der Waals surface area contributed by atoms with Crippen LogP contribution in [0.5, 0.6) is 28.7 Å². The molecule has 0 bridgehead atoms. The van der Waals surface area contributed by atoms with Crippen molar-refractivity contribution >= 4 is 17.5 Å². The third-order valence-corrected chi connectivity index (χ3v) is 13.1. The number of fused-ring (bicyclic) bond motifs is 3. The Morgan fingerprint density at radius 1 is 0.957 bits per heavy atom. The van der Waals surface area contributed by atoms with Gasteiger partial charge in [0.2, 0.25) is 12.6 Å². The van der Waals surface area contributed by atoms with Crippen molar-refractivity contribution in [2.75, 3.05) is 26.6 Å². The predicted octanol–water partition coefficient (Wildman–Crippen LogP) is 10.2. The summed E-state index contributed by atoms with van der Waals surface area (Å²) in [7, 11) is 0. The fourth-order valence-corrected chi connectivity index (χ4v) is 10.0. The average Bonchev–Trinajstić information content (AvgIpc) is 3.81. The van der Waals surface area contributed by atoms with Crippen LogP contribution in [0.2, 0.25) is 0 Å². The van der Waals surface area contributed by atoms with Gasteiger partial charge in [0.25, 0.3) is 5.69 Å². The van der Waals surface area contributed by atoms with E-state index in [0.29, 0.717) is 65.5 Å². The number of non-ortho nitro benzene ring substituents is 1. The molecule has 366 valence electrons. The number of ether oxygens (including phenoxy) is 6. The molecule has 1 fully saturated rings. The molecule has 4 aromatic carbocycles. The monoisotopic (exact) mass is 949 g/mol. The predicted molar refractivity (Wildman–Crippen MR) is 254 cm³/mol. The lowest BCUT2D eigenvalue weighted by Crippen LogP contribution is -2.70. The summed E-state index contributed by atoms with van der Waals surface area (Å²) in [6.45, 7) is 9.79. The molecule has 1 amide bonds. The van der Waals surface area contributed by atoms with Gasteiger partial charge in [-0.1, -0.05) is 54.4 Å². The summed E-state index contributed by atoms with van der Waals surface area (Å²) in [5.41, 5.74) is 2.41. The van der Waals surface area contributed by atoms with Crippen LogP contribution in [0, 0.1) is 33.7 Å². The van der Waals surface area contributed by atoms with Crippen molar-refractivity contribution in [2.45, 2.75) is 102 Å². The lowest BCUT2D eigenvalue weighted by atomic mass is 9.55. The highest BCUT2D eigenvalue weighted by atomic mass is 19.1. The maximum Gasteiger partial charge on any atom is 0.416 e. The van der Waals surface area contributed by atoms with E-state index >= 15 is 4.79 Å². The number of rotatable bonds is 20. The first-order valence-electron chi connectivity index (χ1n) is 23.6. The highest BCUT2D eigenvalue weighted by Gasteiger charge is 2.66. The van der Waals surface area contributed by atoms with E-state index in [1.165, 1.54) is 30.3 Å². The zero-order valence-corrected chi connectivity index (χ0v) is 39.2. The molecule has 2 heterocycles. The number of amides is 1. The molecule has 16 heteroatoms. The number of unbranched alkanes of at least 4 members (excludes halogenated alkanes) is 2. The van der Waals surface area contributed by atoms with Crippen molar-refractivity contribution in [3.63, 3.8) is 0 Å². The topological polar surface area (TPSA) is 181 Å². The molecular formula is C53H60FN3O12. The molecule has 15 nitrogen and oxygen atoms in total. The van der Waals surface area contributed by atoms with Gasteiger partial charge in [0.05, 0.1) is 23.2 Å². The molecule has 2 aliphatic carbocycles. The SMILES string of the molecule is C=CCO[C@@]12Oc3ccc(OCc4ccccc4F)cc3[C@H]3[C@H](CCCCO)[C@@H](CCCCO)C=C(C(=NOC(C)(C)C)C[C@@H]1N(Cc1ccc4c(c1)OCO4)C(=O)Oc1ccc([N+](=O)[O-])cc1)[C@H]32. The molecule has 1 saturated carbocycles. The number of carbonyl (C=O) groups excluding carboxylic acids is 1. The minimum absolute atomic E-state index is 0.0154. The lowest BCUT2D eigenvalue weighted by molar-refractivity contribution is -0.384. The van der Waals surface area contributed by atoms with E-state index < -0.39 is 34.4 Å². The molecule has 4 aromatic rings. The van der Waals surface area contributed by atoms with Gasteiger partial charge >= 0.3 is 6.09 Å². The first-order chi connectivity index (χ1) is 33.3. The van der Waals surface area contributed by atoms with Gasteiger partial charge in [-0.25, -0.2) is 9.18 Å². The van der Waals surface area contributed by atoms with E-state index in [9.17, 15) is 24.7 Å². The van der Waals surface area contributed by atoms with Crippen LogP contribution in [0.25, 0.3) is 0 Å². The zero-order valence-electron chi connectivity index (χ0n) is 39.2. The van der Waals surface area contributed by atoms with Gasteiger partial charge in [-0.15, -0.1) is 6.58 Å². The van der Waals surface area contributed by atoms with Crippen LogP contribution in [0.1, 0.15) is 88.3 Å². The maximum absolute atomic E-state index is 15.2. The second-order valence-electron chi connectivity index (χ2n) is 18.8. The molecule has 0 aromatic heterocycles. The minimum atomic E-state index is -1.65. The van der Waals surface area contributed by atoms with Gasteiger partial charge in [-0.05, 0) is 118 Å². The fourth-order valence-electron chi connectivity index (χ4n) is 10.0. The Hall–Kier alpha value is -6.49. The number of hydrogen-bond donors (Lipinski definition) is 2. The second kappa shape index (κ2) is 21.4. The number of hydrogen-bond acceptors (Lipinski definition) is 13. The van der Waals surface area contributed by atoms with Gasteiger partial charge in [0.15, 0.2) is 11.5 Å². The normalized spacial score (nSPS) is 22.7. The van der Waals surface area contributed by atoms with E-state index in [-0.39, 0.29) is 81.2 Å². The maximum atomic E-state index is 15.2. The lowest BCUT2D eigenvalue weighted by Gasteiger charge is -2.60. The number of benzene rings is 4. The molecular weight excluding hydrogens is 890 g/mol. The smallest absolute Gasteiger partial charge is 0.416 e. The number of nitro benzene ring substituents is 1. The summed E-state index contributed by atoms with van der Waals surface area (Å²) in [6.07, 6.45) is 7.24. The van der Waals surface area contributed by atoms with Gasteiger partial charge in [-0.3, -0.25) is 15.0 Å². The molecule has 0 unspecified atom stereocenters. The van der Waals surface area contributed by atoms with Crippen molar-refractivity contribution in [1.82, 2.24) is 4.90 Å². The van der Waals surface area contributed by atoms with Crippen molar-refractivity contribution in [1.29, 1.82) is 0 Å². The Kier molecular flexibility index (Phi) is 15.2. The quantitative estimate of drug-likeness (QED) is 0.0371. The van der Waals surface area contributed by atoms with Crippen LogP contribution in [0.3, 0.4) is 0 Å². The highest BCUT2D eigenvalue weighted by molar-refractivity contribution is 6.03. The molecule has 69 heavy (non-hydrogen) atoms. The Balaban J connectivity index is 1.33. The Bertz CT molecular complexity index is 2540. The van der Waals surface area contributed by atoms with E-state index in [2.05, 4.69) is 12.7 Å². The number of aliphatic hydroxyl groups is 2. The largest absolute Gasteiger partial charge is 0.489 e. The molecule has 4 aliphatic rings. The van der Waals surface area contributed by atoms with E-state index in [1.54, 1.807) is 47.4 Å². The van der Waals surface area contributed by atoms with Crippen LogP contribution >= 0.6 is 0 Å². The number of allylic oxidation sites excluding steroid dienone is 1. The van der Waals surface area contributed by atoms with Crippen LogP contribution in [0.4, 0.5) is 14.9 Å². The van der Waals surface area contributed by atoms with Gasteiger partial charge in [0, 0.05) is 55.4 Å². The molecule has 0 radical (unpaired) electrons. The van der Waals surface area contributed by atoms with Crippen molar-refractivity contribution in [3.05, 3.63) is 142 Å². The third kappa shape index (κ3) is 10.9. The molecule has 0 saturated heterocycles. The summed E-state index contributed by atoms with van der Waals surface area (Å²) in [6, 6.07) is 21.7. The number of nitro groups is 1. The molecule has 2 aliphatic heterocycles. The summed E-state index contributed by atoms with van der Waals surface area (Å²) in [5, 5.41) is 36.5. The van der Waals surface area contributed by atoms with Crippen LogP contribution in [-0.2, 0) is 22.7 Å². The van der Waals surface area contributed by atoms with Crippen molar-refractivity contribution < 1.29 is 57.6 Å². The van der Waals surface area contributed by atoms with Crippen LogP contribution in [-0.4, -0.2) is 75.9 Å². The van der Waals surface area contributed by atoms with Crippen LogP contribution in [0.15, 0.2) is 114 Å². The Morgan fingerprint density at radius 3 is 2.41 bits per heavy atom. The average molecular weight is 950 g/mol. The van der Waals surface area contributed by atoms with Gasteiger partial charge in [0.1, 0.15) is 41.3 Å². The van der Waals surface area contributed by atoms with Gasteiger partial charge < -0.3 is 43.5 Å². The van der Waals surface area contributed by atoms with Crippen molar-refractivity contribution in [2.24, 2.45) is 22.9 Å². The minimum Gasteiger partial charge on any atom is -0.489 e. The fraction of sp³-hybridized carbons (Fsp3) is 0.434. The zero-order chi connectivity index (χ0) is 48.7. The molecule has 8 rings (SSSR count). The highest BCUT2D eigenvalue weighted by Crippen LogP contribution is 2.62. The second-order valence-corrected chi connectivity index (χ2v) is 18.8. The first-order valence-corrected chi connectivity index (χ1v) is 23.6. The summed E-state index contributed by atoms with van der Waals surface area (Å²) < 4.78 is 53.2. The summed E-state index contributed by atoms with van der Waals surface area (Å²) in [5.74, 6) is -1.07. The van der Waals surface area contributed by atoms with Gasteiger partial charge in [-0.2, -0.15) is 0 Å². The summed E-state index contributed by atoms with van der Waals surface area (Å²) in [4.78, 5) is 34.0. The number of halogens is 1. The van der Waals surface area contributed by atoms with Crippen molar-refractivity contribution in [3.8, 4) is 28.7 Å². The molecule has 2 N–H and O–H groups in total. The number of aliphatic hydroxyl groups excluding tert-OH is 2. The molecule has 6 atom stereocenters. The Labute approximate surface area is 401 Å². The number of oxime groups is 1. The standard InChI is InChI=1S/C53H60FN3O12/c1-5-26-66-53-48(56(31-34-16-22-46-47(27-34)65-33-64-46)51(60)67-38-19-17-37(18-20-38)57(61)62)30-44(55-69-52(2,3)4)41-28-35(12-8-10-24-58)40(14-9-11-25-59)49(50(41)53)42-29-39(21-23-45(42)68-53)63-32-36-13-6-7-15-43(36)54/h5-7,13,15-23,27-29,35,40,48-50,58-59H,1,8-12,14,24-26,30-33H2,2-4H3/t35-,40+,48-,49+,50+,53+/m0/s1. The van der Waals surface area contributed by atoms with E-state index in [1.807, 2.05) is 39.0 Å². The molecule has 0 spiro atoms. The van der Waals surface area contributed by atoms with Crippen LogP contribution < -0.4 is 23.7 Å². The number of nitrogens with zero attached hydrogens (tertiary/aromatic N) is 3. The first kappa shape index (κ1) is 48.9. The van der Waals surface area contributed by atoms with E-state index in [0.717, 1.165) is 24.0 Å². The number of carbonyl (C=O) groups is 1. The Morgan fingerprint density at radius 2 is 1.68 bits per heavy atom. The third-order valence-electron chi connectivity index (χ3n) is 13.1. The summed E-state index contributed by atoms with van der Waals surface area (Å²) >= 11 is 0.